The Morgan fingerprint density at radius 2 is 1.75 bits per heavy atom. The van der Waals surface area contributed by atoms with Gasteiger partial charge < -0.3 is 5.32 Å². The highest BCUT2D eigenvalue weighted by molar-refractivity contribution is 5.78. The van der Waals surface area contributed by atoms with Crippen molar-refractivity contribution in [1.29, 1.82) is 0 Å². The molecule has 0 saturated carbocycles. The second kappa shape index (κ2) is 6.40. The van der Waals surface area contributed by atoms with Crippen LogP contribution in [0.25, 0.3) is 0 Å². The Bertz CT molecular complexity index is 700. The normalized spacial score (nSPS) is 27.3. The molecule has 24 heavy (non-hydrogen) atoms. The van der Waals surface area contributed by atoms with Crippen LogP contribution in [0.1, 0.15) is 36.3 Å². The molecule has 1 amide bonds. The van der Waals surface area contributed by atoms with Crippen molar-refractivity contribution < 1.29 is 4.79 Å². The van der Waals surface area contributed by atoms with E-state index in [4.69, 9.17) is 0 Å². The van der Waals surface area contributed by atoms with Crippen LogP contribution < -0.4 is 5.32 Å². The van der Waals surface area contributed by atoms with Crippen LogP contribution in [0.3, 0.4) is 0 Å². The molecule has 0 unspecified atom stereocenters. The molecule has 4 rings (SSSR count). The molecule has 124 valence electrons. The first-order valence-electron chi connectivity index (χ1n) is 8.87. The van der Waals surface area contributed by atoms with Crippen LogP contribution in [-0.4, -0.2) is 29.4 Å². The van der Waals surface area contributed by atoms with Gasteiger partial charge in [-0.05, 0) is 24.0 Å². The monoisotopic (exact) mass is 320 g/mol. The number of hydrogen-bond acceptors (Lipinski definition) is 2. The van der Waals surface area contributed by atoms with Crippen molar-refractivity contribution in [3.8, 4) is 0 Å². The van der Waals surface area contributed by atoms with Crippen molar-refractivity contribution in [3.05, 3.63) is 71.8 Å². The molecule has 2 aromatic carbocycles. The Morgan fingerprint density at radius 3 is 2.46 bits per heavy atom. The number of nitrogens with zero attached hydrogens (tertiary/aromatic N) is 1. The molecule has 3 nitrogen and oxygen atoms in total. The summed E-state index contributed by atoms with van der Waals surface area (Å²) < 4.78 is 0. The first kappa shape index (κ1) is 15.4. The molecule has 0 radical (unpaired) electrons. The third-order valence-corrected chi connectivity index (χ3v) is 5.48. The fraction of sp³-hybridized carbons (Fsp3) is 0.381. The maximum atomic E-state index is 12.1. The highest BCUT2D eigenvalue weighted by Gasteiger charge is 2.49. The highest BCUT2D eigenvalue weighted by atomic mass is 16.1. The van der Waals surface area contributed by atoms with Gasteiger partial charge in [-0.1, -0.05) is 60.7 Å². The average Bonchev–Trinajstić information content (AvgIpc) is 2.93. The lowest BCUT2D eigenvalue weighted by molar-refractivity contribution is -0.125. The molecule has 2 heterocycles. The average molecular weight is 320 g/mol. The summed E-state index contributed by atoms with van der Waals surface area (Å²) in [6.07, 6.45) is 2.74. The largest absolute Gasteiger partial charge is 0.349 e. The molecule has 1 spiro atoms. The van der Waals surface area contributed by atoms with E-state index in [2.05, 4.69) is 70.9 Å². The van der Waals surface area contributed by atoms with Crippen LogP contribution in [0.2, 0.25) is 0 Å². The molecule has 1 N–H and O–H groups in total. The summed E-state index contributed by atoms with van der Waals surface area (Å²) in [6, 6.07) is 21.3. The Kier molecular flexibility index (Phi) is 4.11. The van der Waals surface area contributed by atoms with E-state index in [0.717, 1.165) is 32.5 Å². The van der Waals surface area contributed by atoms with Gasteiger partial charge in [0, 0.05) is 32.0 Å². The molecule has 0 aromatic heterocycles. The van der Waals surface area contributed by atoms with Gasteiger partial charge in [-0.2, -0.15) is 0 Å². The van der Waals surface area contributed by atoms with E-state index in [1.807, 2.05) is 0 Å². The standard InChI is InChI=1S/C21H24N2O/c24-20-12-7-13-21(22-20)16-23(14-17-8-3-1-4-9-17)15-19(21)18-10-5-2-6-11-18/h1-6,8-11,19H,7,12-16H2,(H,22,24)/t19-,21+/m0/s1. The summed E-state index contributed by atoms with van der Waals surface area (Å²) in [6.45, 7) is 2.88. The molecule has 2 aliphatic heterocycles. The topological polar surface area (TPSA) is 32.3 Å². The van der Waals surface area contributed by atoms with Crippen LogP contribution in [-0.2, 0) is 11.3 Å². The van der Waals surface area contributed by atoms with Gasteiger partial charge in [-0.15, -0.1) is 0 Å². The summed E-state index contributed by atoms with van der Waals surface area (Å²) >= 11 is 0. The van der Waals surface area contributed by atoms with Gasteiger partial charge in [-0.3, -0.25) is 9.69 Å². The lowest BCUT2D eigenvalue weighted by atomic mass is 9.76. The summed E-state index contributed by atoms with van der Waals surface area (Å²) in [5.41, 5.74) is 2.57. The van der Waals surface area contributed by atoms with Gasteiger partial charge in [0.2, 0.25) is 5.91 Å². The number of benzene rings is 2. The minimum atomic E-state index is -0.106. The molecule has 2 fully saturated rings. The smallest absolute Gasteiger partial charge is 0.220 e. The Balaban J connectivity index is 1.61. The minimum Gasteiger partial charge on any atom is -0.349 e. The van der Waals surface area contributed by atoms with Crippen molar-refractivity contribution >= 4 is 5.91 Å². The summed E-state index contributed by atoms with van der Waals surface area (Å²) in [7, 11) is 0. The third-order valence-electron chi connectivity index (χ3n) is 5.48. The van der Waals surface area contributed by atoms with E-state index in [9.17, 15) is 4.79 Å². The number of rotatable bonds is 3. The lowest BCUT2D eigenvalue weighted by Crippen LogP contribution is -2.56. The van der Waals surface area contributed by atoms with Crippen molar-refractivity contribution in [3.63, 3.8) is 0 Å². The Hall–Kier alpha value is -2.13. The van der Waals surface area contributed by atoms with Gasteiger partial charge in [0.25, 0.3) is 0 Å². The van der Waals surface area contributed by atoms with Crippen molar-refractivity contribution in [2.24, 2.45) is 0 Å². The number of piperidine rings is 1. The van der Waals surface area contributed by atoms with E-state index in [1.54, 1.807) is 0 Å². The number of amides is 1. The Morgan fingerprint density at radius 1 is 1.04 bits per heavy atom. The van der Waals surface area contributed by atoms with Gasteiger partial charge in [0.05, 0.1) is 5.54 Å². The van der Waals surface area contributed by atoms with E-state index in [-0.39, 0.29) is 11.4 Å². The number of hydrogen-bond donors (Lipinski definition) is 1. The maximum Gasteiger partial charge on any atom is 0.220 e. The zero-order valence-electron chi connectivity index (χ0n) is 13.9. The molecule has 2 aliphatic rings. The first-order valence-corrected chi connectivity index (χ1v) is 8.87. The number of carbonyl (C=O) groups excluding carboxylic acids is 1. The molecular formula is C21H24N2O. The zero-order valence-corrected chi connectivity index (χ0v) is 13.9. The SMILES string of the molecule is O=C1CCC[C@]2(CN(Cc3ccccc3)C[C@H]2c2ccccc2)N1. The third kappa shape index (κ3) is 2.96. The quantitative estimate of drug-likeness (QED) is 0.941. The predicted octanol–water partition coefficient (Wildman–Crippen LogP) is 3.32. The number of likely N-dealkylation sites (tertiary alicyclic amines) is 1. The van der Waals surface area contributed by atoms with E-state index in [0.29, 0.717) is 12.3 Å². The molecule has 2 saturated heterocycles. The number of carbonyl (C=O) groups is 1. The minimum absolute atomic E-state index is 0.106. The van der Waals surface area contributed by atoms with Gasteiger partial charge in [0.15, 0.2) is 0 Å². The van der Waals surface area contributed by atoms with Gasteiger partial charge >= 0.3 is 0 Å². The van der Waals surface area contributed by atoms with Crippen LogP contribution in [0.4, 0.5) is 0 Å². The van der Waals surface area contributed by atoms with E-state index >= 15 is 0 Å². The predicted molar refractivity (Wildman–Crippen MR) is 95.6 cm³/mol. The van der Waals surface area contributed by atoms with Crippen LogP contribution in [0.5, 0.6) is 0 Å². The Labute approximate surface area is 143 Å². The second-order valence-electron chi connectivity index (χ2n) is 7.18. The van der Waals surface area contributed by atoms with Crippen molar-refractivity contribution in [2.75, 3.05) is 13.1 Å². The molecule has 2 aromatic rings. The van der Waals surface area contributed by atoms with Crippen LogP contribution in [0.15, 0.2) is 60.7 Å². The van der Waals surface area contributed by atoms with E-state index < -0.39 is 0 Å². The lowest BCUT2D eigenvalue weighted by Gasteiger charge is -2.39. The van der Waals surface area contributed by atoms with Gasteiger partial charge in [-0.25, -0.2) is 0 Å². The van der Waals surface area contributed by atoms with Crippen molar-refractivity contribution in [2.45, 2.75) is 37.3 Å². The summed E-state index contributed by atoms with van der Waals surface area (Å²) in [4.78, 5) is 14.6. The summed E-state index contributed by atoms with van der Waals surface area (Å²) in [5.74, 6) is 0.579. The molecule has 0 bridgehead atoms. The summed E-state index contributed by atoms with van der Waals surface area (Å²) in [5, 5.41) is 3.38. The van der Waals surface area contributed by atoms with Crippen LogP contribution >= 0.6 is 0 Å². The molecule has 3 heteroatoms. The van der Waals surface area contributed by atoms with Crippen LogP contribution in [0, 0.1) is 0 Å². The highest BCUT2D eigenvalue weighted by Crippen LogP contribution is 2.41. The second-order valence-corrected chi connectivity index (χ2v) is 7.18. The molecule has 2 atom stereocenters. The maximum absolute atomic E-state index is 12.1. The zero-order chi connectivity index (χ0) is 16.4. The van der Waals surface area contributed by atoms with Gasteiger partial charge in [0.1, 0.15) is 0 Å². The molecular weight excluding hydrogens is 296 g/mol. The fourth-order valence-corrected chi connectivity index (χ4v) is 4.43. The molecule has 0 aliphatic carbocycles. The fourth-order valence-electron chi connectivity index (χ4n) is 4.43. The van der Waals surface area contributed by atoms with Crippen molar-refractivity contribution in [1.82, 2.24) is 10.2 Å². The van der Waals surface area contributed by atoms with E-state index in [1.165, 1.54) is 11.1 Å². The number of nitrogens with one attached hydrogen (secondary N) is 1. The first-order chi connectivity index (χ1) is 11.8.